The van der Waals surface area contributed by atoms with Gasteiger partial charge in [-0.3, -0.25) is 9.59 Å². The summed E-state index contributed by atoms with van der Waals surface area (Å²) < 4.78 is 5.73. The van der Waals surface area contributed by atoms with Crippen LogP contribution in [0.3, 0.4) is 0 Å². The number of hydrogen-bond donors (Lipinski definition) is 0. The van der Waals surface area contributed by atoms with Crippen molar-refractivity contribution in [3.05, 3.63) is 53.6 Å². The minimum absolute atomic E-state index is 0.0716. The van der Waals surface area contributed by atoms with Crippen LogP contribution in [0.4, 0.5) is 5.69 Å². The molecular weight excluding hydrogens is 322 g/mol. The van der Waals surface area contributed by atoms with E-state index in [0.29, 0.717) is 23.5 Å². The summed E-state index contributed by atoms with van der Waals surface area (Å²) in [5, 5.41) is 0. The number of nitrogens with zero attached hydrogens (tertiary/aromatic N) is 1. The summed E-state index contributed by atoms with van der Waals surface area (Å²) in [5.74, 6) is 0.327. The van der Waals surface area contributed by atoms with E-state index in [1.54, 1.807) is 35.7 Å². The summed E-state index contributed by atoms with van der Waals surface area (Å²) in [4.78, 5) is 27.3. The predicted molar refractivity (Wildman–Crippen MR) is 95.9 cm³/mol. The van der Waals surface area contributed by atoms with Crippen LogP contribution < -0.4 is 9.64 Å². The standard InChI is InChI=1S/C19H19NO3S/c1-12(21)16-5-4-6-17-18(16)23-13(2)19(22)20(17)11-14-7-9-15(24-3)10-8-14/h4-10,13H,11H2,1-3H3. The van der Waals surface area contributed by atoms with Crippen LogP contribution in [0.1, 0.15) is 29.8 Å². The van der Waals surface area contributed by atoms with Crippen molar-refractivity contribution in [2.75, 3.05) is 11.2 Å². The predicted octanol–water partition coefficient (Wildman–Crippen LogP) is 3.93. The lowest BCUT2D eigenvalue weighted by Crippen LogP contribution is -2.44. The molecule has 2 aromatic rings. The zero-order chi connectivity index (χ0) is 17.3. The number of ketones is 1. The second-order valence-electron chi connectivity index (χ2n) is 5.74. The second kappa shape index (κ2) is 6.69. The molecule has 0 aromatic heterocycles. The minimum Gasteiger partial charge on any atom is -0.478 e. The van der Waals surface area contributed by atoms with E-state index in [4.69, 9.17) is 4.74 Å². The number of benzene rings is 2. The molecule has 0 saturated heterocycles. The number of carbonyl (C=O) groups excluding carboxylic acids is 2. The number of rotatable bonds is 4. The summed E-state index contributed by atoms with van der Waals surface area (Å²) >= 11 is 1.68. The van der Waals surface area contributed by atoms with E-state index in [0.717, 1.165) is 5.56 Å². The van der Waals surface area contributed by atoms with E-state index in [-0.39, 0.29) is 11.7 Å². The van der Waals surface area contributed by atoms with Crippen LogP contribution in [0.2, 0.25) is 0 Å². The van der Waals surface area contributed by atoms with Crippen molar-refractivity contribution in [3.63, 3.8) is 0 Å². The van der Waals surface area contributed by atoms with Crippen LogP contribution >= 0.6 is 11.8 Å². The Labute approximate surface area is 145 Å². The Bertz CT molecular complexity index is 786. The van der Waals surface area contributed by atoms with Crippen LogP contribution in [0, 0.1) is 0 Å². The van der Waals surface area contributed by atoms with Gasteiger partial charge in [-0.05, 0) is 49.9 Å². The van der Waals surface area contributed by atoms with Gasteiger partial charge in [-0.15, -0.1) is 11.8 Å². The van der Waals surface area contributed by atoms with Crippen molar-refractivity contribution in [2.24, 2.45) is 0 Å². The van der Waals surface area contributed by atoms with Crippen molar-refractivity contribution in [3.8, 4) is 5.75 Å². The number of thioether (sulfide) groups is 1. The molecule has 0 saturated carbocycles. The van der Waals surface area contributed by atoms with Crippen molar-refractivity contribution in [2.45, 2.75) is 31.4 Å². The number of fused-ring (bicyclic) bond motifs is 1. The van der Waals surface area contributed by atoms with E-state index in [9.17, 15) is 9.59 Å². The SMILES string of the molecule is CSc1ccc(CN2C(=O)C(C)Oc3c(C(C)=O)cccc32)cc1. The van der Waals surface area contributed by atoms with Crippen LogP contribution in [-0.2, 0) is 11.3 Å². The molecule has 0 aliphatic carbocycles. The first kappa shape index (κ1) is 16.6. The molecule has 0 N–H and O–H groups in total. The fraction of sp³-hybridized carbons (Fsp3) is 0.263. The minimum atomic E-state index is -0.608. The van der Waals surface area contributed by atoms with Gasteiger partial charge in [0.1, 0.15) is 0 Å². The highest BCUT2D eigenvalue weighted by Gasteiger charge is 2.33. The Kier molecular flexibility index (Phi) is 4.62. The summed E-state index contributed by atoms with van der Waals surface area (Å²) in [6, 6.07) is 13.5. The third kappa shape index (κ3) is 3.04. The quantitative estimate of drug-likeness (QED) is 0.624. The molecule has 2 aromatic carbocycles. The van der Waals surface area contributed by atoms with Crippen molar-refractivity contribution in [1.29, 1.82) is 0 Å². The van der Waals surface area contributed by atoms with Gasteiger partial charge in [0.15, 0.2) is 17.6 Å². The molecule has 1 amide bonds. The molecule has 5 heteroatoms. The van der Waals surface area contributed by atoms with Crippen LogP contribution in [0.5, 0.6) is 5.75 Å². The van der Waals surface area contributed by atoms with Gasteiger partial charge >= 0.3 is 0 Å². The second-order valence-corrected chi connectivity index (χ2v) is 6.62. The Hall–Kier alpha value is -2.27. The van der Waals surface area contributed by atoms with E-state index >= 15 is 0 Å². The largest absolute Gasteiger partial charge is 0.478 e. The molecule has 24 heavy (non-hydrogen) atoms. The third-order valence-corrected chi connectivity index (χ3v) is 4.82. The van der Waals surface area contributed by atoms with Gasteiger partial charge < -0.3 is 9.64 Å². The maximum Gasteiger partial charge on any atom is 0.268 e. The molecule has 3 rings (SSSR count). The number of hydrogen-bond acceptors (Lipinski definition) is 4. The van der Waals surface area contributed by atoms with Crippen molar-refractivity contribution >= 4 is 29.1 Å². The van der Waals surface area contributed by atoms with E-state index in [1.165, 1.54) is 11.8 Å². The molecule has 1 unspecified atom stereocenters. The number of amides is 1. The van der Waals surface area contributed by atoms with E-state index in [1.807, 2.05) is 36.6 Å². The van der Waals surface area contributed by atoms with Gasteiger partial charge in [0.25, 0.3) is 5.91 Å². The van der Waals surface area contributed by atoms with Gasteiger partial charge in [-0.2, -0.15) is 0 Å². The third-order valence-electron chi connectivity index (χ3n) is 4.07. The first-order valence-electron chi connectivity index (χ1n) is 7.76. The molecule has 0 radical (unpaired) electrons. The lowest BCUT2D eigenvalue weighted by Gasteiger charge is -2.34. The maximum atomic E-state index is 12.6. The number of Topliss-reactive ketones (excluding diaryl/α,β-unsaturated/α-hetero) is 1. The molecule has 0 bridgehead atoms. The van der Waals surface area contributed by atoms with Crippen molar-refractivity contribution < 1.29 is 14.3 Å². The zero-order valence-corrected chi connectivity index (χ0v) is 14.7. The number of anilines is 1. The first-order chi connectivity index (χ1) is 11.5. The summed E-state index contributed by atoms with van der Waals surface area (Å²) in [6.07, 6.45) is 1.42. The number of ether oxygens (including phenoxy) is 1. The van der Waals surface area contributed by atoms with Crippen LogP contribution in [0.25, 0.3) is 0 Å². The fourth-order valence-corrected chi connectivity index (χ4v) is 3.19. The Morgan fingerprint density at radius 3 is 2.54 bits per heavy atom. The molecular formula is C19H19NO3S. The van der Waals surface area contributed by atoms with Crippen molar-refractivity contribution in [1.82, 2.24) is 0 Å². The highest BCUT2D eigenvalue weighted by molar-refractivity contribution is 7.98. The summed E-state index contributed by atoms with van der Waals surface area (Å²) in [5.41, 5.74) is 2.20. The fourth-order valence-electron chi connectivity index (χ4n) is 2.78. The molecule has 0 spiro atoms. The molecule has 1 atom stereocenters. The van der Waals surface area contributed by atoms with Gasteiger partial charge in [0.2, 0.25) is 0 Å². The first-order valence-corrected chi connectivity index (χ1v) is 8.98. The van der Waals surface area contributed by atoms with E-state index < -0.39 is 6.10 Å². The Balaban J connectivity index is 1.99. The smallest absolute Gasteiger partial charge is 0.268 e. The number of carbonyl (C=O) groups is 2. The molecule has 4 nitrogen and oxygen atoms in total. The zero-order valence-electron chi connectivity index (χ0n) is 13.9. The average Bonchev–Trinajstić information content (AvgIpc) is 2.59. The molecule has 1 aliphatic heterocycles. The summed E-state index contributed by atoms with van der Waals surface area (Å²) in [7, 11) is 0. The lowest BCUT2D eigenvalue weighted by molar-refractivity contribution is -0.125. The van der Waals surface area contributed by atoms with Gasteiger partial charge in [0, 0.05) is 4.90 Å². The highest BCUT2D eigenvalue weighted by Crippen LogP contribution is 2.38. The summed E-state index contributed by atoms with van der Waals surface area (Å²) in [6.45, 7) is 3.67. The molecule has 0 fully saturated rings. The molecule has 1 heterocycles. The van der Waals surface area contributed by atoms with Gasteiger partial charge in [-0.1, -0.05) is 18.2 Å². The maximum absolute atomic E-state index is 12.6. The number of para-hydroxylation sites is 1. The normalized spacial score (nSPS) is 16.5. The average molecular weight is 341 g/mol. The molecule has 124 valence electrons. The monoisotopic (exact) mass is 341 g/mol. The lowest BCUT2D eigenvalue weighted by atomic mass is 10.1. The molecule has 1 aliphatic rings. The van der Waals surface area contributed by atoms with Gasteiger partial charge in [0.05, 0.1) is 17.8 Å². The topological polar surface area (TPSA) is 46.6 Å². The van der Waals surface area contributed by atoms with Gasteiger partial charge in [-0.25, -0.2) is 0 Å². The van der Waals surface area contributed by atoms with Crippen LogP contribution in [-0.4, -0.2) is 24.1 Å². The Morgan fingerprint density at radius 1 is 1.21 bits per heavy atom. The Morgan fingerprint density at radius 2 is 1.92 bits per heavy atom. The van der Waals surface area contributed by atoms with Crippen LogP contribution in [0.15, 0.2) is 47.4 Å². The highest BCUT2D eigenvalue weighted by atomic mass is 32.2. The van der Waals surface area contributed by atoms with E-state index in [2.05, 4.69) is 0 Å².